The smallest absolute Gasteiger partial charge is 0.292 e. The number of hydrogen-bond acceptors (Lipinski definition) is 4. The summed E-state index contributed by atoms with van der Waals surface area (Å²) in [5.41, 5.74) is 1.41. The Labute approximate surface area is 101 Å². The molecule has 17 heavy (non-hydrogen) atoms. The molecule has 1 N–H and O–H groups in total. The zero-order valence-electron chi connectivity index (χ0n) is 10.4. The molecule has 0 bridgehead atoms. The van der Waals surface area contributed by atoms with Crippen molar-refractivity contribution in [1.29, 1.82) is 0 Å². The van der Waals surface area contributed by atoms with Crippen LogP contribution in [0.15, 0.2) is 18.2 Å². The lowest BCUT2D eigenvalue weighted by Gasteiger charge is -2.08. The molecule has 0 spiro atoms. The van der Waals surface area contributed by atoms with E-state index in [1.807, 2.05) is 6.07 Å². The van der Waals surface area contributed by atoms with Gasteiger partial charge in [-0.3, -0.25) is 10.1 Å². The van der Waals surface area contributed by atoms with Crippen LogP contribution >= 0.6 is 0 Å². The normalized spacial score (nSPS) is 10.6. The molecule has 0 radical (unpaired) electrons. The van der Waals surface area contributed by atoms with Crippen molar-refractivity contribution in [2.75, 3.05) is 19.0 Å². The lowest BCUT2D eigenvalue weighted by molar-refractivity contribution is -0.384. The minimum atomic E-state index is -0.391. The number of benzene rings is 1. The molecule has 5 heteroatoms. The van der Waals surface area contributed by atoms with Crippen molar-refractivity contribution < 1.29 is 9.66 Å². The minimum absolute atomic E-state index is 0.0816. The Kier molecular flexibility index (Phi) is 4.90. The molecular weight excluding hydrogens is 220 g/mol. The summed E-state index contributed by atoms with van der Waals surface area (Å²) in [7, 11) is 1.66. The molecule has 0 heterocycles. The Morgan fingerprint density at radius 3 is 2.71 bits per heavy atom. The highest BCUT2D eigenvalue weighted by molar-refractivity contribution is 5.62. The predicted octanol–water partition coefficient (Wildman–Crippen LogP) is 2.81. The molecule has 0 saturated carbocycles. The van der Waals surface area contributed by atoms with Crippen LogP contribution in [0, 0.1) is 16.0 Å². The highest BCUT2D eigenvalue weighted by Gasteiger charge is 2.13. The molecule has 0 unspecified atom stereocenters. The zero-order valence-corrected chi connectivity index (χ0v) is 10.4. The summed E-state index contributed by atoms with van der Waals surface area (Å²) in [6.07, 6.45) is 0. The van der Waals surface area contributed by atoms with E-state index in [0.29, 0.717) is 24.8 Å². The van der Waals surface area contributed by atoms with Crippen molar-refractivity contribution in [3.05, 3.63) is 33.9 Å². The molecule has 0 fully saturated rings. The SMILES string of the molecule is CNc1ccc(COCC(C)C)cc1[N+](=O)[O-]. The van der Waals surface area contributed by atoms with Crippen molar-refractivity contribution in [3.63, 3.8) is 0 Å². The Hall–Kier alpha value is -1.62. The van der Waals surface area contributed by atoms with Crippen LogP contribution in [0.25, 0.3) is 0 Å². The molecule has 1 rings (SSSR count). The van der Waals surface area contributed by atoms with Gasteiger partial charge in [0.1, 0.15) is 5.69 Å². The second-order valence-electron chi connectivity index (χ2n) is 4.27. The Morgan fingerprint density at radius 2 is 2.18 bits per heavy atom. The van der Waals surface area contributed by atoms with Crippen LogP contribution in [0.4, 0.5) is 11.4 Å². The van der Waals surface area contributed by atoms with Crippen molar-refractivity contribution in [2.24, 2.45) is 5.92 Å². The molecular formula is C12H18N2O3. The highest BCUT2D eigenvalue weighted by atomic mass is 16.6. The molecule has 0 aromatic heterocycles. The number of ether oxygens (including phenoxy) is 1. The zero-order chi connectivity index (χ0) is 12.8. The number of nitro benzene ring substituents is 1. The van der Waals surface area contributed by atoms with E-state index in [0.717, 1.165) is 5.56 Å². The van der Waals surface area contributed by atoms with Crippen LogP contribution in [0.5, 0.6) is 0 Å². The summed E-state index contributed by atoms with van der Waals surface area (Å²) < 4.78 is 5.45. The second kappa shape index (κ2) is 6.20. The lowest BCUT2D eigenvalue weighted by Crippen LogP contribution is -2.03. The van der Waals surface area contributed by atoms with Gasteiger partial charge in [0.05, 0.1) is 11.5 Å². The van der Waals surface area contributed by atoms with Gasteiger partial charge in [-0.05, 0) is 17.5 Å². The van der Waals surface area contributed by atoms with Gasteiger partial charge in [0, 0.05) is 19.7 Å². The second-order valence-corrected chi connectivity index (χ2v) is 4.27. The van der Waals surface area contributed by atoms with E-state index in [4.69, 9.17) is 4.74 Å². The van der Waals surface area contributed by atoms with Crippen LogP contribution in [0.1, 0.15) is 19.4 Å². The average Bonchev–Trinajstić information content (AvgIpc) is 2.28. The fourth-order valence-corrected chi connectivity index (χ4v) is 1.44. The minimum Gasteiger partial charge on any atom is -0.383 e. The van der Waals surface area contributed by atoms with Gasteiger partial charge >= 0.3 is 0 Å². The predicted molar refractivity (Wildman–Crippen MR) is 67.1 cm³/mol. The number of nitrogens with zero attached hydrogens (tertiary/aromatic N) is 1. The van der Waals surface area contributed by atoms with Gasteiger partial charge in [-0.2, -0.15) is 0 Å². The third-order valence-electron chi connectivity index (χ3n) is 2.25. The average molecular weight is 238 g/mol. The van der Waals surface area contributed by atoms with E-state index >= 15 is 0 Å². The van der Waals surface area contributed by atoms with Crippen LogP contribution in [0.2, 0.25) is 0 Å². The van der Waals surface area contributed by atoms with Gasteiger partial charge < -0.3 is 10.1 Å². The van der Waals surface area contributed by atoms with Crippen molar-refractivity contribution >= 4 is 11.4 Å². The first-order valence-corrected chi connectivity index (χ1v) is 5.57. The summed E-state index contributed by atoms with van der Waals surface area (Å²) in [5, 5.41) is 13.6. The van der Waals surface area contributed by atoms with E-state index in [9.17, 15) is 10.1 Å². The summed E-state index contributed by atoms with van der Waals surface area (Å²) in [6, 6.07) is 5.08. The third kappa shape index (κ3) is 4.03. The van der Waals surface area contributed by atoms with E-state index < -0.39 is 4.92 Å². The van der Waals surface area contributed by atoms with Gasteiger partial charge in [0.2, 0.25) is 0 Å². The molecule has 0 aliphatic rings. The monoisotopic (exact) mass is 238 g/mol. The molecule has 1 aromatic rings. The largest absolute Gasteiger partial charge is 0.383 e. The highest BCUT2D eigenvalue weighted by Crippen LogP contribution is 2.25. The van der Waals surface area contributed by atoms with E-state index in [1.165, 1.54) is 0 Å². The molecule has 94 valence electrons. The first kappa shape index (κ1) is 13.4. The van der Waals surface area contributed by atoms with E-state index in [2.05, 4.69) is 19.2 Å². The number of hydrogen-bond donors (Lipinski definition) is 1. The number of anilines is 1. The van der Waals surface area contributed by atoms with Crippen molar-refractivity contribution in [1.82, 2.24) is 0 Å². The fourth-order valence-electron chi connectivity index (χ4n) is 1.44. The first-order chi connectivity index (χ1) is 8.04. The molecule has 0 amide bonds. The Balaban J connectivity index is 2.74. The van der Waals surface area contributed by atoms with Gasteiger partial charge in [-0.1, -0.05) is 19.9 Å². The Morgan fingerprint density at radius 1 is 1.47 bits per heavy atom. The van der Waals surface area contributed by atoms with Gasteiger partial charge in [0.25, 0.3) is 5.69 Å². The molecule has 0 aliphatic heterocycles. The summed E-state index contributed by atoms with van der Waals surface area (Å²) in [4.78, 5) is 10.4. The number of nitro groups is 1. The van der Waals surface area contributed by atoms with Crippen molar-refractivity contribution in [2.45, 2.75) is 20.5 Å². The molecule has 0 atom stereocenters. The lowest BCUT2D eigenvalue weighted by atomic mass is 10.2. The van der Waals surface area contributed by atoms with Crippen LogP contribution in [-0.2, 0) is 11.3 Å². The summed E-state index contributed by atoms with van der Waals surface area (Å²) in [6.45, 7) is 5.18. The summed E-state index contributed by atoms with van der Waals surface area (Å²) >= 11 is 0. The topological polar surface area (TPSA) is 64.4 Å². The third-order valence-corrected chi connectivity index (χ3v) is 2.25. The van der Waals surface area contributed by atoms with E-state index in [-0.39, 0.29) is 5.69 Å². The summed E-state index contributed by atoms with van der Waals surface area (Å²) in [5.74, 6) is 0.460. The van der Waals surface area contributed by atoms with Crippen LogP contribution < -0.4 is 5.32 Å². The fraction of sp³-hybridized carbons (Fsp3) is 0.500. The number of nitrogens with one attached hydrogen (secondary N) is 1. The van der Waals surface area contributed by atoms with Crippen LogP contribution in [-0.4, -0.2) is 18.6 Å². The quantitative estimate of drug-likeness (QED) is 0.611. The Bertz CT molecular complexity index is 391. The van der Waals surface area contributed by atoms with Gasteiger partial charge in [-0.15, -0.1) is 0 Å². The standard InChI is InChI=1S/C12H18N2O3/c1-9(2)7-17-8-10-4-5-11(13-3)12(6-10)14(15)16/h4-6,9,13H,7-8H2,1-3H3. The van der Waals surface area contributed by atoms with Gasteiger partial charge in [0.15, 0.2) is 0 Å². The van der Waals surface area contributed by atoms with Crippen LogP contribution in [0.3, 0.4) is 0 Å². The molecule has 5 nitrogen and oxygen atoms in total. The molecule has 0 saturated heterocycles. The van der Waals surface area contributed by atoms with E-state index in [1.54, 1.807) is 19.2 Å². The van der Waals surface area contributed by atoms with Gasteiger partial charge in [-0.25, -0.2) is 0 Å². The van der Waals surface area contributed by atoms with Crippen molar-refractivity contribution in [3.8, 4) is 0 Å². The maximum Gasteiger partial charge on any atom is 0.292 e. The molecule has 0 aliphatic carbocycles. The number of rotatable bonds is 6. The first-order valence-electron chi connectivity index (χ1n) is 5.57. The maximum atomic E-state index is 10.8. The molecule has 1 aromatic carbocycles. The maximum absolute atomic E-state index is 10.8.